The van der Waals surface area contributed by atoms with Crippen molar-refractivity contribution >= 4 is 29.1 Å². The number of aliphatic hydroxyl groups is 1. The van der Waals surface area contributed by atoms with Gasteiger partial charge in [-0.2, -0.15) is 0 Å². The fourth-order valence-corrected chi connectivity index (χ4v) is 5.52. The van der Waals surface area contributed by atoms with E-state index in [9.17, 15) is 23.9 Å². The molecule has 0 bridgehead atoms. The predicted molar refractivity (Wildman–Crippen MR) is 143 cm³/mol. The number of hydrogen-bond acceptors (Lipinski definition) is 7. The van der Waals surface area contributed by atoms with Gasteiger partial charge in [-0.15, -0.1) is 11.3 Å². The molecule has 5 N–H and O–H groups in total. The molecule has 2 aliphatic rings. The van der Waals surface area contributed by atoms with Crippen LogP contribution in [-0.2, 0) is 14.4 Å². The summed E-state index contributed by atoms with van der Waals surface area (Å²) in [6.45, 7) is 7.30. The molecule has 1 aliphatic heterocycles. The number of nitrogens with two attached hydrogens (primary N) is 1. The molecule has 9 nitrogen and oxygen atoms in total. The van der Waals surface area contributed by atoms with Crippen molar-refractivity contribution in [2.45, 2.75) is 76.9 Å². The average Bonchev–Trinajstić information content (AvgIpc) is 3.28. The van der Waals surface area contributed by atoms with E-state index in [1.54, 1.807) is 37.6 Å². The molecule has 1 saturated carbocycles. The number of thiazole rings is 1. The van der Waals surface area contributed by atoms with E-state index in [0.717, 1.165) is 21.7 Å². The van der Waals surface area contributed by atoms with Crippen molar-refractivity contribution in [2.75, 3.05) is 13.1 Å². The van der Waals surface area contributed by atoms with Gasteiger partial charge in [0.1, 0.15) is 12.1 Å². The number of nitrogens with zero attached hydrogens (tertiary/aromatic N) is 2. The molecule has 11 heteroatoms. The van der Waals surface area contributed by atoms with Crippen molar-refractivity contribution in [1.29, 1.82) is 0 Å². The number of hydrogen-bond donors (Lipinski definition) is 4. The zero-order valence-electron chi connectivity index (χ0n) is 22.2. The lowest BCUT2D eigenvalue weighted by Gasteiger charge is -2.36. The first-order chi connectivity index (χ1) is 17.8. The van der Waals surface area contributed by atoms with Crippen molar-refractivity contribution in [1.82, 2.24) is 20.5 Å². The summed E-state index contributed by atoms with van der Waals surface area (Å²) >= 11 is 1.55. The van der Waals surface area contributed by atoms with E-state index in [2.05, 4.69) is 15.6 Å². The highest BCUT2D eigenvalue weighted by atomic mass is 32.1. The maximum Gasteiger partial charge on any atom is 0.258 e. The summed E-state index contributed by atoms with van der Waals surface area (Å²) in [6, 6.07) is 5.18. The normalized spacial score (nSPS) is 22.0. The molecule has 2 heterocycles. The average molecular weight is 546 g/mol. The Morgan fingerprint density at radius 1 is 1.24 bits per heavy atom. The van der Waals surface area contributed by atoms with Gasteiger partial charge in [-0.25, -0.2) is 9.37 Å². The van der Waals surface area contributed by atoms with E-state index in [4.69, 9.17) is 5.73 Å². The summed E-state index contributed by atoms with van der Waals surface area (Å²) in [4.78, 5) is 46.1. The Hall–Kier alpha value is -2.89. The summed E-state index contributed by atoms with van der Waals surface area (Å²) in [6.07, 6.45) is -0.595. The number of aryl methyl sites for hydroxylation is 1. The van der Waals surface area contributed by atoms with Crippen LogP contribution in [0, 0.1) is 12.3 Å². The van der Waals surface area contributed by atoms with Crippen molar-refractivity contribution in [3.05, 3.63) is 41.0 Å². The first-order valence-corrected chi connectivity index (χ1v) is 13.7. The number of halogens is 1. The van der Waals surface area contributed by atoms with Crippen molar-refractivity contribution in [3.63, 3.8) is 0 Å². The van der Waals surface area contributed by atoms with Crippen LogP contribution in [0.15, 0.2) is 29.8 Å². The number of benzene rings is 1. The van der Waals surface area contributed by atoms with Gasteiger partial charge in [0.15, 0.2) is 5.67 Å². The highest BCUT2D eigenvalue weighted by Crippen LogP contribution is 2.40. The largest absolute Gasteiger partial charge is 0.391 e. The monoisotopic (exact) mass is 545 g/mol. The van der Waals surface area contributed by atoms with E-state index < -0.39 is 53.0 Å². The number of aliphatic hydroxyl groups excluding tert-OH is 1. The molecule has 3 amide bonds. The number of carbonyl (C=O) groups is 3. The second-order valence-corrected chi connectivity index (χ2v) is 12.2. The molecule has 4 rings (SSSR count). The Balaban J connectivity index is 1.48. The number of amides is 3. The first kappa shape index (κ1) is 28.1. The third kappa shape index (κ3) is 5.89. The van der Waals surface area contributed by atoms with Crippen LogP contribution in [0.2, 0.25) is 0 Å². The number of nitrogens with one attached hydrogen (secondary N) is 2. The van der Waals surface area contributed by atoms with Crippen molar-refractivity contribution in [2.24, 2.45) is 11.1 Å². The van der Waals surface area contributed by atoms with E-state index >= 15 is 0 Å². The fraction of sp³-hybridized carbons (Fsp3) is 0.556. The molecule has 1 aliphatic carbocycles. The number of aromatic nitrogens is 1. The first-order valence-electron chi connectivity index (χ1n) is 12.8. The van der Waals surface area contributed by atoms with Crippen LogP contribution in [0.5, 0.6) is 0 Å². The molecule has 206 valence electrons. The van der Waals surface area contributed by atoms with Crippen LogP contribution in [-0.4, -0.2) is 69.7 Å². The SMILES string of the molecule is Cc1ncsc1-c1ccc([C@H](CN)NC(=O)[C@@H]2C[C@@H](O)CN2C(=O)[C@@H](NC(=O)C2(F)CC2)C(C)(C)C)cc1. The van der Waals surface area contributed by atoms with E-state index in [0.29, 0.717) is 0 Å². The Bertz CT molecular complexity index is 1190. The van der Waals surface area contributed by atoms with Crippen LogP contribution in [0.4, 0.5) is 4.39 Å². The molecule has 0 unspecified atom stereocenters. The number of carbonyl (C=O) groups excluding carboxylic acids is 3. The Kier molecular flexibility index (Phi) is 7.92. The second kappa shape index (κ2) is 10.7. The van der Waals surface area contributed by atoms with Crippen molar-refractivity contribution < 1.29 is 23.9 Å². The zero-order valence-corrected chi connectivity index (χ0v) is 23.0. The smallest absolute Gasteiger partial charge is 0.258 e. The topological polar surface area (TPSA) is 138 Å². The minimum atomic E-state index is -1.94. The van der Waals surface area contributed by atoms with Gasteiger partial charge in [0.25, 0.3) is 5.91 Å². The number of alkyl halides is 1. The van der Waals surface area contributed by atoms with Crippen molar-refractivity contribution in [3.8, 4) is 10.4 Å². The minimum Gasteiger partial charge on any atom is -0.391 e. The molecule has 38 heavy (non-hydrogen) atoms. The second-order valence-electron chi connectivity index (χ2n) is 11.3. The van der Waals surface area contributed by atoms with Crippen LogP contribution >= 0.6 is 11.3 Å². The molecule has 2 fully saturated rings. The molecule has 0 spiro atoms. The molecule has 4 atom stereocenters. The van der Waals surface area contributed by atoms with Crippen LogP contribution < -0.4 is 16.4 Å². The zero-order chi connectivity index (χ0) is 27.8. The number of β-amino-alcohol motifs (C(OH)–C–C–N with tert-alkyl or cyclic N) is 1. The molecule has 1 aromatic heterocycles. The standard InChI is InChI=1S/C27H36FN5O4S/c1-15-21(38-14-30-15)17-7-5-16(6-8-17)19(12-29)31-23(35)20-11-18(34)13-33(20)24(36)22(26(2,3)4)32-25(37)27(28)9-10-27/h5-8,14,18-20,22,34H,9-13,29H2,1-4H3,(H,31,35)(H,32,37)/t18-,19+,20+,22-/m1/s1. The highest BCUT2D eigenvalue weighted by molar-refractivity contribution is 7.13. The van der Waals surface area contributed by atoms with Gasteiger partial charge < -0.3 is 26.4 Å². The lowest BCUT2D eigenvalue weighted by atomic mass is 9.85. The summed E-state index contributed by atoms with van der Waals surface area (Å²) in [5.41, 5.74) is 7.88. The number of likely N-dealkylation sites (tertiary alicyclic amines) is 1. The van der Waals surface area contributed by atoms with Crippen LogP contribution in [0.25, 0.3) is 10.4 Å². The maximum absolute atomic E-state index is 14.4. The molecule has 0 radical (unpaired) electrons. The summed E-state index contributed by atoms with van der Waals surface area (Å²) < 4.78 is 14.4. The van der Waals surface area contributed by atoms with E-state index in [1.165, 1.54) is 4.90 Å². The summed E-state index contributed by atoms with van der Waals surface area (Å²) in [7, 11) is 0. The quantitative estimate of drug-likeness (QED) is 0.402. The van der Waals surface area contributed by atoms with Gasteiger partial charge in [-0.1, -0.05) is 45.0 Å². The van der Waals surface area contributed by atoms with Gasteiger partial charge in [0.05, 0.1) is 28.2 Å². The van der Waals surface area contributed by atoms with E-state index in [-0.39, 0.29) is 32.4 Å². The van der Waals surface area contributed by atoms with Gasteiger partial charge in [-0.3, -0.25) is 14.4 Å². The highest BCUT2D eigenvalue weighted by Gasteiger charge is 2.53. The van der Waals surface area contributed by atoms with Crippen LogP contribution in [0.3, 0.4) is 0 Å². The molecule has 1 aromatic carbocycles. The third-order valence-electron chi connectivity index (χ3n) is 7.22. The number of rotatable bonds is 8. The van der Waals surface area contributed by atoms with Gasteiger partial charge in [0, 0.05) is 19.5 Å². The Morgan fingerprint density at radius 2 is 1.89 bits per heavy atom. The Labute approximate surface area is 226 Å². The molecule has 2 aromatic rings. The van der Waals surface area contributed by atoms with Gasteiger partial charge in [-0.05, 0) is 36.3 Å². The third-order valence-corrected chi connectivity index (χ3v) is 8.20. The maximum atomic E-state index is 14.4. The van der Waals surface area contributed by atoms with Crippen LogP contribution in [0.1, 0.15) is 57.3 Å². The molecule has 1 saturated heterocycles. The predicted octanol–water partition coefficient (Wildman–Crippen LogP) is 2.23. The summed E-state index contributed by atoms with van der Waals surface area (Å²) in [5, 5.41) is 15.9. The van der Waals surface area contributed by atoms with E-state index in [1.807, 2.05) is 31.2 Å². The van der Waals surface area contributed by atoms with Gasteiger partial charge >= 0.3 is 0 Å². The molecular formula is C27H36FN5O4S. The Morgan fingerprint density at radius 3 is 2.42 bits per heavy atom. The minimum absolute atomic E-state index is 0.0519. The van der Waals surface area contributed by atoms with Gasteiger partial charge in [0.2, 0.25) is 11.8 Å². The lowest BCUT2D eigenvalue weighted by molar-refractivity contribution is -0.145. The molecular weight excluding hydrogens is 509 g/mol. The fourth-order valence-electron chi connectivity index (χ4n) is 4.71. The summed E-state index contributed by atoms with van der Waals surface area (Å²) in [5.74, 6) is -1.79. The lowest BCUT2D eigenvalue weighted by Crippen LogP contribution is -2.59.